The number of nitrogens with zero attached hydrogens (tertiary/aromatic N) is 6. The summed E-state index contributed by atoms with van der Waals surface area (Å²) in [7, 11) is 0. The van der Waals surface area contributed by atoms with Gasteiger partial charge in [-0.15, -0.1) is 15.3 Å². The third-order valence-electron chi connectivity index (χ3n) is 3.73. The van der Waals surface area contributed by atoms with E-state index in [-0.39, 0.29) is 11.6 Å². The van der Waals surface area contributed by atoms with Crippen LogP contribution >= 0.6 is 0 Å². The van der Waals surface area contributed by atoms with Crippen LogP contribution in [0.4, 0.5) is 0 Å². The fourth-order valence-electron chi connectivity index (χ4n) is 2.49. The number of pyridine rings is 1. The minimum Gasteiger partial charge on any atom is -0.350 e. The highest BCUT2D eigenvalue weighted by Gasteiger charge is 2.12. The summed E-state index contributed by atoms with van der Waals surface area (Å²) in [5, 5.41) is 19.4. The molecule has 0 saturated heterocycles. The molecular formula is C17H15N7O. The highest BCUT2D eigenvalue weighted by atomic mass is 16.2. The van der Waals surface area contributed by atoms with Crippen LogP contribution in [0.2, 0.25) is 0 Å². The Kier molecular flexibility index (Phi) is 3.91. The highest BCUT2D eigenvalue weighted by Crippen LogP contribution is 2.05. The maximum Gasteiger partial charge on any atom is 0.273 e. The smallest absolute Gasteiger partial charge is 0.273 e. The van der Waals surface area contributed by atoms with Gasteiger partial charge in [-0.1, -0.05) is 24.3 Å². The molecule has 3 aromatic heterocycles. The Labute approximate surface area is 143 Å². The van der Waals surface area contributed by atoms with Gasteiger partial charge in [0, 0.05) is 19.2 Å². The molecule has 0 atom stereocenters. The van der Waals surface area contributed by atoms with Crippen molar-refractivity contribution in [2.24, 2.45) is 0 Å². The first-order valence-electron chi connectivity index (χ1n) is 7.86. The second-order valence-corrected chi connectivity index (χ2v) is 5.41. The summed E-state index contributed by atoms with van der Waals surface area (Å²) >= 11 is 0. The van der Waals surface area contributed by atoms with Gasteiger partial charge in [-0.05, 0) is 24.3 Å². The number of hydrogen-bond donors (Lipinski definition) is 1. The second kappa shape index (κ2) is 6.52. The van der Waals surface area contributed by atoms with E-state index < -0.39 is 0 Å². The predicted octanol–water partition coefficient (Wildman–Crippen LogP) is 1.28. The van der Waals surface area contributed by atoms with Gasteiger partial charge in [-0.3, -0.25) is 9.20 Å². The lowest BCUT2D eigenvalue weighted by Gasteiger charge is -2.02. The number of carbonyl (C=O) groups excluding carboxylic acids is 1. The molecule has 0 fully saturated rings. The number of benzene rings is 1. The van der Waals surface area contributed by atoms with Gasteiger partial charge in [0.05, 0.1) is 11.9 Å². The van der Waals surface area contributed by atoms with Crippen molar-refractivity contribution in [1.82, 2.24) is 34.9 Å². The number of hydrogen-bond acceptors (Lipinski definition) is 5. The SMILES string of the molecule is O=C(NCCc1nnc2ccccn12)c1cnn(-c2ccccc2)n1. The topological polar surface area (TPSA) is 90.0 Å². The lowest BCUT2D eigenvalue weighted by atomic mass is 10.3. The van der Waals surface area contributed by atoms with E-state index in [1.165, 1.54) is 11.0 Å². The molecule has 1 N–H and O–H groups in total. The largest absolute Gasteiger partial charge is 0.350 e. The number of amides is 1. The first kappa shape index (κ1) is 15.0. The number of nitrogens with one attached hydrogen (secondary N) is 1. The van der Waals surface area contributed by atoms with Gasteiger partial charge in [0.15, 0.2) is 11.3 Å². The van der Waals surface area contributed by atoms with E-state index in [2.05, 4.69) is 25.7 Å². The third kappa shape index (κ3) is 3.09. The summed E-state index contributed by atoms with van der Waals surface area (Å²) in [6.45, 7) is 0.437. The second-order valence-electron chi connectivity index (χ2n) is 5.41. The summed E-state index contributed by atoms with van der Waals surface area (Å²) in [6.07, 6.45) is 3.93. The van der Waals surface area contributed by atoms with Crippen molar-refractivity contribution >= 4 is 11.6 Å². The maximum atomic E-state index is 12.2. The Morgan fingerprint density at radius 2 is 1.88 bits per heavy atom. The van der Waals surface area contributed by atoms with Gasteiger partial charge in [0.25, 0.3) is 5.91 Å². The van der Waals surface area contributed by atoms with Gasteiger partial charge in [-0.2, -0.15) is 9.90 Å². The molecule has 4 rings (SSSR count). The van der Waals surface area contributed by atoms with Gasteiger partial charge in [-0.25, -0.2) is 0 Å². The van der Waals surface area contributed by atoms with E-state index in [0.717, 1.165) is 17.2 Å². The van der Waals surface area contributed by atoms with Crippen molar-refractivity contribution in [1.29, 1.82) is 0 Å². The van der Waals surface area contributed by atoms with Crippen molar-refractivity contribution in [3.05, 3.63) is 72.4 Å². The molecule has 1 aromatic carbocycles. The van der Waals surface area contributed by atoms with E-state index >= 15 is 0 Å². The van der Waals surface area contributed by atoms with Crippen molar-refractivity contribution in [2.75, 3.05) is 6.54 Å². The average molecular weight is 333 g/mol. The molecule has 0 radical (unpaired) electrons. The van der Waals surface area contributed by atoms with Crippen molar-refractivity contribution in [3.8, 4) is 5.69 Å². The highest BCUT2D eigenvalue weighted by molar-refractivity contribution is 5.91. The minimum absolute atomic E-state index is 0.268. The van der Waals surface area contributed by atoms with Crippen molar-refractivity contribution in [2.45, 2.75) is 6.42 Å². The van der Waals surface area contributed by atoms with Gasteiger partial charge in [0.2, 0.25) is 0 Å². The van der Waals surface area contributed by atoms with Crippen LogP contribution in [-0.2, 0) is 6.42 Å². The monoisotopic (exact) mass is 333 g/mol. The zero-order valence-electron chi connectivity index (χ0n) is 13.3. The number of para-hydroxylation sites is 1. The molecule has 0 aliphatic rings. The Morgan fingerprint density at radius 1 is 1.04 bits per heavy atom. The Bertz CT molecular complexity index is 1010. The summed E-state index contributed by atoms with van der Waals surface area (Å²) < 4.78 is 1.90. The number of aromatic nitrogens is 6. The van der Waals surface area contributed by atoms with Crippen LogP contribution in [0.5, 0.6) is 0 Å². The predicted molar refractivity (Wildman–Crippen MR) is 90.4 cm³/mol. The van der Waals surface area contributed by atoms with Gasteiger partial charge < -0.3 is 5.32 Å². The van der Waals surface area contributed by atoms with Crippen LogP contribution < -0.4 is 5.32 Å². The van der Waals surface area contributed by atoms with Crippen LogP contribution in [0.25, 0.3) is 11.3 Å². The fourth-order valence-corrected chi connectivity index (χ4v) is 2.49. The summed E-state index contributed by atoms with van der Waals surface area (Å²) in [5.41, 5.74) is 1.86. The molecule has 8 nitrogen and oxygen atoms in total. The Morgan fingerprint density at radius 3 is 2.76 bits per heavy atom. The molecule has 25 heavy (non-hydrogen) atoms. The number of rotatable bonds is 5. The summed E-state index contributed by atoms with van der Waals surface area (Å²) in [4.78, 5) is 13.6. The third-order valence-corrected chi connectivity index (χ3v) is 3.73. The number of fused-ring (bicyclic) bond motifs is 1. The van der Waals surface area contributed by atoms with Crippen molar-refractivity contribution < 1.29 is 4.79 Å². The van der Waals surface area contributed by atoms with E-state index in [1.54, 1.807) is 0 Å². The number of carbonyl (C=O) groups is 1. The summed E-state index contributed by atoms with van der Waals surface area (Å²) in [5.74, 6) is 0.528. The van der Waals surface area contributed by atoms with Crippen LogP contribution in [0, 0.1) is 0 Å². The first-order chi connectivity index (χ1) is 12.3. The molecule has 4 aromatic rings. The van der Waals surface area contributed by atoms with E-state index in [9.17, 15) is 4.79 Å². The standard InChI is InChI=1S/C17H15N7O/c25-17(14-12-19-24(22-14)13-6-2-1-3-7-13)18-10-9-16-21-20-15-8-4-5-11-23(15)16/h1-8,11-12H,9-10H2,(H,18,25). The Hall–Kier alpha value is -3.55. The van der Waals surface area contributed by atoms with Crippen molar-refractivity contribution in [3.63, 3.8) is 0 Å². The minimum atomic E-state index is -0.268. The molecule has 0 unspecified atom stereocenters. The lowest BCUT2D eigenvalue weighted by Crippen LogP contribution is -2.26. The normalized spacial score (nSPS) is 10.9. The van der Waals surface area contributed by atoms with Crippen LogP contribution in [-0.4, -0.2) is 42.0 Å². The van der Waals surface area contributed by atoms with Gasteiger partial charge >= 0.3 is 0 Å². The molecule has 1 amide bonds. The maximum absolute atomic E-state index is 12.2. The van der Waals surface area contributed by atoms with E-state index in [0.29, 0.717) is 13.0 Å². The zero-order chi connectivity index (χ0) is 17.1. The fraction of sp³-hybridized carbons (Fsp3) is 0.118. The average Bonchev–Trinajstić information content (AvgIpc) is 3.30. The van der Waals surface area contributed by atoms with Crippen LogP contribution in [0.1, 0.15) is 16.3 Å². The molecule has 0 saturated carbocycles. The zero-order valence-corrected chi connectivity index (χ0v) is 13.3. The van der Waals surface area contributed by atoms with Crippen LogP contribution in [0.15, 0.2) is 60.9 Å². The molecule has 8 heteroatoms. The Balaban J connectivity index is 1.39. The van der Waals surface area contributed by atoms with E-state index in [4.69, 9.17) is 0 Å². The molecule has 124 valence electrons. The molecular weight excluding hydrogens is 318 g/mol. The molecule has 0 bridgehead atoms. The molecule has 3 heterocycles. The lowest BCUT2D eigenvalue weighted by molar-refractivity contribution is 0.0948. The molecule has 0 aliphatic carbocycles. The molecule has 0 spiro atoms. The van der Waals surface area contributed by atoms with Crippen LogP contribution in [0.3, 0.4) is 0 Å². The van der Waals surface area contributed by atoms with E-state index in [1.807, 2.05) is 59.1 Å². The first-order valence-corrected chi connectivity index (χ1v) is 7.86. The quantitative estimate of drug-likeness (QED) is 0.594. The molecule has 0 aliphatic heterocycles. The summed E-state index contributed by atoms with van der Waals surface area (Å²) in [6, 6.07) is 15.1. The van der Waals surface area contributed by atoms with Gasteiger partial charge in [0.1, 0.15) is 5.82 Å².